The molecule has 5 rings (SSSR count). The number of nitrogens with zero attached hydrogens (tertiary/aromatic N) is 3. The van der Waals surface area contributed by atoms with Gasteiger partial charge in [-0.3, -0.25) is 4.57 Å². The van der Waals surface area contributed by atoms with E-state index in [0.717, 1.165) is 35.7 Å². The molecule has 5 nitrogen and oxygen atoms in total. The zero-order valence-corrected chi connectivity index (χ0v) is 21.1. The molecule has 184 valence electrons. The summed E-state index contributed by atoms with van der Waals surface area (Å²) in [5.74, 6) is 1.10. The van der Waals surface area contributed by atoms with Crippen molar-refractivity contribution in [3.63, 3.8) is 0 Å². The first-order valence-corrected chi connectivity index (χ1v) is 13.0. The van der Waals surface area contributed by atoms with E-state index in [4.69, 9.17) is 27.1 Å². The Morgan fingerprint density at radius 2 is 1.44 bits per heavy atom. The highest BCUT2D eigenvalue weighted by Gasteiger charge is 2.36. The van der Waals surface area contributed by atoms with Crippen LogP contribution < -0.4 is 5.73 Å². The van der Waals surface area contributed by atoms with E-state index in [1.54, 1.807) is 0 Å². The second-order valence-corrected chi connectivity index (χ2v) is 9.57. The summed E-state index contributed by atoms with van der Waals surface area (Å²) in [6.45, 7) is 0.620. The molecule has 0 atom stereocenters. The van der Waals surface area contributed by atoms with Gasteiger partial charge in [-0.1, -0.05) is 78.9 Å². The van der Waals surface area contributed by atoms with Gasteiger partial charge >= 0.3 is 0 Å². The number of aromatic nitrogens is 3. The average molecular weight is 499 g/mol. The summed E-state index contributed by atoms with van der Waals surface area (Å²) in [6.07, 6.45) is 6.19. The number of pyridine rings is 1. The lowest BCUT2D eigenvalue weighted by Crippen LogP contribution is -2.41. The van der Waals surface area contributed by atoms with Crippen LogP contribution >= 0.6 is 11.6 Å². The molecule has 0 fully saturated rings. The number of unbranched alkanes of at least 4 members (excludes halogenated alkanes) is 2. The molecule has 0 unspecified atom stereocenters. The van der Waals surface area contributed by atoms with E-state index in [2.05, 4.69) is 64.1 Å². The van der Waals surface area contributed by atoms with Crippen LogP contribution in [0.4, 0.5) is 5.82 Å². The van der Waals surface area contributed by atoms with Crippen molar-refractivity contribution in [1.82, 2.24) is 14.5 Å². The van der Waals surface area contributed by atoms with E-state index < -0.39 is 5.72 Å². The van der Waals surface area contributed by atoms with Crippen molar-refractivity contribution in [1.29, 1.82) is 0 Å². The molecule has 2 heterocycles. The fraction of sp³-hybridized carbons (Fsp3) is 0.267. The van der Waals surface area contributed by atoms with Gasteiger partial charge in [0.15, 0.2) is 11.5 Å². The number of hydrogen-bond acceptors (Lipinski definition) is 4. The zero-order valence-electron chi connectivity index (χ0n) is 20.3. The van der Waals surface area contributed by atoms with Gasteiger partial charge in [-0.15, -0.1) is 11.6 Å². The lowest BCUT2D eigenvalue weighted by atomic mass is 9.94. The third-order valence-electron chi connectivity index (χ3n) is 6.64. The Balaban J connectivity index is 1.70. The molecule has 5 aromatic rings. The molecule has 0 bridgehead atoms. The molecule has 36 heavy (non-hydrogen) atoms. The Morgan fingerprint density at radius 3 is 2.11 bits per heavy atom. The number of nitrogen functional groups attached to an aromatic ring is 1. The third kappa shape index (κ3) is 5.08. The number of fused-ring (bicyclic) bond motifs is 3. The number of hydrogen-bond donors (Lipinski definition) is 1. The number of halogens is 1. The van der Waals surface area contributed by atoms with Gasteiger partial charge in [0, 0.05) is 30.7 Å². The monoisotopic (exact) mass is 498 g/mol. The highest BCUT2D eigenvalue weighted by molar-refractivity contribution is 6.17. The summed E-state index contributed by atoms with van der Waals surface area (Å²) < 4.78 is 9.14. The third-order valence-corrected chi connectivity index (χ3v) is 6.91. The molecular formula is C30H31ClN4O. The normalized spacial score (nSPS) is 11.9. The van der Waals surface area contributed by atoms with E-state index in [0.29, 0.717) is 36.7 Å². The Hall–Kier alpha value is -3.41. The van der Waals surface area contributed by atoms with Crippen molar-refractivity contribution in [2.75, 3.05) is 18.2 Å². The van der Waals surface area contributed by atoms with Gasteiger partial charge in [-0.2, -0.15) is 0 Å². The maximum Gasteiger partial charge on any atom is 0.154 e. The minimum Gasteiger partial charge on any atom is -0.382 e. The van der Waals surface area contributed by atoms with Crippen molar-refractivity contribution in [3.8, 4) is 0 Å². The van der Waals surface area contributed by atoms with Gasteiger partial charge < -0.3 is 10.5 Å². The first kappa shape index (κ1) is 24.3. The molecule has 6 heteroatoms. The standard InChI is InChI=1S/C30H31ClN4O/c31-18-10-3-11-19-36-30(20-23-12-4-1-5-13-23,21-24-14-6-2-7-15-24)35-22-33-27-28(35)25-16-8-9-17-26(25)34-29(27)32/h1-2,4-9,12-17,22H,3,10-11,18-21H2,(H2,32,34). The Kier molecular flexibility index (Phi) is 7.49. The topological polar surface area (TPSA) is 66.0 Å². The zero-order chi connectivity index (χ0) is 24.8. The second-order valence-electron chi connectivity index (χ2n) is 9.20. The van der Waals surface area contributed by atoms with E-state index in [1.807, 2.05) is 36.7 Å². The van der Waals surface area contributed by atoms with Gasteiger partial charge in [0.1, 0.15) is 5.52 Å². The molecule has 0 saturated carbocycles. The molecule has 0 aliphatic heterocycles. The molecule has 3 aromatic carbocycles. The number of anilines is 1. The van der Waals surface area contributed by atoms with Crippen LogP contribution in [0.2, 0.25) is 0 Å². The summed E-state index contributed by atoms with van der Waals surface area (Å²) in [7, 11) is 0. The smallest absolute Gasteiger partial charge is 0.154 e. The van der Waals surface area contributed by atoms with Crippen LogP contribution in [0.3, 0.4) is 0 Å². The van der Waals surface area contributed by atoms with Crippen molar-refractivity contribution in [2.24, 2.45) is 0 Å². The van der Waals surface area contributed by atoms with Gasteiger partial charge in [-0.25, -0.2) is 9.97 Å². The molecule has 0 aliphatic rings. The summed E-state index contributed by atoms with van der Waals surface area (Å²) in [4.78, 5) is 9.36. The number of para-hydroxylation sites is 1. The molecule has 0 radical (unpaired) electrons. The second kappa shape index (κ2) is 11.1. The van der Waals surface area contributed by atoms with E-state index >= 15 is 0 Å². The van der Waals surface area contributed by atoms with E-state index in [1.165, 1.54) is 11.1 Å². The van der Waals surface area contributed by atoms with Gasteiger partial charge in [-0.05, 0) is 36.5 Å². The highest BCUT2D eigenvalue weighted by atomic mass is 35.5. The molecule has 0 amide bonds. The van der Waals surface area contributed by atoms with Crippen LogP contribution in [-0.4, -0.2) is 27.0 Å². The molecule has 2 aromatic heterocycles. The first-order chi connectivity index (χ1) is 17.7. The molecule has 0 spiro atoms. The predicted molar refractivity (Wildman–Crippen MR) is 148 cm³/mol. The number of benzene rings is 3. The molecular weight excluding hydrogens is 468 g/mol. The predicted octanol–water partition coefficient (Wildman–Crippen LogP) is 6.73. The van der Waals surface area contributed by atoms with Gasteiger partial charge in [0.2, 0.25) is 0 Å². The lowest BCUT2D eigenvalue weighted by molar-refractivity contribution is -0.106. The van der Waals surface area contributed by atoms with E-state index in [-0.39, 0.29) is 0 Å². The van der Waals surface area contributed by atoms with Crippen LogP contribution in [0.5, 0.6) is 0 Å². The Bertz CT molecular complexity index is 1380. The summed E-state index contributed by atoms with van der Waals surface area (Å²) in [6, 6.07) is 29.1. The Morgan fingerprint density at radius 1 is 0.806 bits per heavy atom. The first-order valence-electron chi connectivity index (χ1n) is 12.5. The minimum atomic E-state index is -0.713. The summed E-state index contributed by atoms with van der Waals surface area (Å²) in [5, 5.41) is 1.01. The van der Waals surface area contributed by atoms with Gasteiger partial charge in [0.05, 0.1) is 17.4 Å². The summed E-state index contributed by atoms with van der Waals surface area (Å²) >= 11 is 5.93. The van der Waals surface area contributed by atoms with Crippen molar-refractivity contribution in [2.45, 2.75) is 37.8 Å². The Labute approximate surface area is 216 Å². The van der Waals surface area contributed by atoms with Crippen molar-refractivity contribution in [3.05, 3.63) is 102 Å². The van der Waals surface area contributed by atoms with Crippen LogP contribution in [0.25, 0.3) is 21.9 Å². The number of alkyl halides is 1. The van der Waals surface area contributed by atoms with E-state index in [9.17, 15) is 0 Å². The van der Waals surface area contributed by atoms with Crippen LogP contribution in [0.15, 0.2) is 91.3 Å². The minimum absolute atomic E-state index is 0.429. The maximum atomic E-state index is 6.94. The molecule has 0 aliphatic carbocycles. The fourth-order valence-electron chi connectivity index (χ4n) is 4.93. The number of rotatable bonds is 11. The number of imidazole rings is 1. The highest BCUT2D eigenvalue weighted by Crippen LogP contribution is 2.36. The molecule has 0 saturated heterocycles. The average Bonchev–Trinajstić information content (AvgIpc) is 3.37. The van der Waals surface area contributed by atoms with Crippen LogP contribution in [0, 0.1) is 0 Å². The van der Waals surface area contributed by atoms with Crippen LogP contribution in [-0.2, 0) is 23.3 Å². The van der Waals surface area contributed by atoms with Crippen molar-refractivity contribution >= 4 is 39.4 Å². The maximum absolute atomic E-state index is 6.94. The molecule has 2 N–H and O–H groups in total. The number of ether oxygens (including phenoxy) is 1. The fourth-order valence-corrected chi connectivity index (χ4v) is 5.11. The summed E-state index contributed by atoms with van der Waals surface area (Å²) in [5.41, 5.74) is 10.6. The lowest BCUT2D eigenvalue weighted by Gasteiger charge is -2.37. The van der Waals surface area contributed by atoms with Crippen LogP contribution in [0.1, 0.15) is 30.4 Å². The van der Waals surface area contributed by atoms with Crippen molar-refractivity contribution < 1.29 is 4.74 Å². The van der Waals surface area contributed by atoms with Gasteiger partial charge in [0.25, 0.3) is 0 Å². The quantitative estimate of drug-likeness (QED) is 0.162. The SMILES string of the molecule is Nc1nc2ccccc2c2c1ncn2C(Cc1ccccc1)(Cc1ccccc1)OCCCCCCl. The number of nitrogens with two attached hydrogens (primary N) is 1. The largest absolute Gasteiger partial charge is 0.382 e.